The number of hydrogen-bond donors (Lipinski definition) is 2. The zero-order chi connectivity index (χ0) is 14.4. The molecule has 104 valence electrons. The monoisotopic (exact) mass is 273 g/mol. The molecule has 0 aliphatic rings. The Kier molecular flexibility index (Phi) is 5.37. The number of halogens is 2. The summed E-state index contributed by atoms with van der Waals surface area (Å²) in [4.78, 5) is 22.1. The van der Waals surface area contributed by atoms with Crippen LogP contribution in [0.1, 0.15) is 16.8 Å². The van der Waals surface area contributed by atoms with E-state index in [2.05, 4.69) is 5.32 Å². The Hall–Kier alpha value is -2.02. The maximum absolute atomic E-state index is 12.9. The molecule has 0 aliphatic heterocycles. The van der Waals surface area contributed by atoms with Crippen molar-refractivity contribution in [3.63, 3.8) is 0 Å². The summed E-state index contributed by atoms with van der Waals surface area (Å²) in [5.74, 6) is -3.86. The molecule has 0 saturated carbocycles. The number of carboxylic acid groups (broad SMARTS) is 1. The van der Waals surface area contributed by atoms with Crippen LogP contribution in [-0.4, -0.2) is 36.7 Å². The first-order chi connectivity index (χ1) is 8.93. The van der Waals surface area contributed by atoms with Gasteiger partial charge in [0, 0.05) is 19.2 Å². The molecule has 5 nitrogen and oxygen atoms in total. The molecular weight excluding hydrogens is 260 g/mol. The van der Waals surface area contributed by atoms with Gasteiger partial charge in [-0.1, -0.05) is 0 Å². The second kappa shape index (κ2) is 6.79. The lowest BCUT2D eigenvalue weighted by atomic mass is 10.2. The fourth-order valence-corrected chi connectivity index (χ4v) is 1.38. The van der Waals surface area contributed by atoms with Crippen molar-refractivity contribution in [2.75, 3.05) is 13.7 Å². The van der Waals surface area contributed by atoms with E-state index in [1.54, 1.807) is 0 Å². The minimum absolute atomic E-state index is 0.0410. The lowest BCUT2D eigenvalue weighted by molar-refractivity contribution is -0.139. The Bertz CT molecular complexity index is 479. The summed E-state index contributed by atoms with van der Waals surface area (Å²) in [5, 5.41) is 11.0. The van der Waals surface area contributed by atoms with Crippen LogP contribution >= 0.6 is 0 Å². The molecule has 0 saturated heterocycles. The van der Waals surface area contributed by atoms with Crippen molar-refractivity contribution in [2.45, 2.75) is 12.5 Å². The molecule has 1 atom stereocenters. The third kappa shape index (κ3) is 4.63. The van der Waals surface area contributed by atoms with Gasteiger partial charge in [-0.2, -0.15) is 0 Å². The highest BCUT2D eigenvalue weighted by atomic mass is 19.2. The van der Waals surface area contributed by atoms with Gasteiger partial charge in [-0.05, 0) is 18.2 Å². The molecule has 1 rings (SSSR count). The number of carbonyl (C=O) groups excluding carboxylic acids is 1. The number of benzene rings is 1. The molecule has 0 aliphatic carbocycles. The van der Waals surface area contributed by atoms with Crippen LogP contribution in [0.2, 0.25) is 0 Å². The molecule has 1 aromatic rings. The second-order valence-corrected chi connectivity index (χ2v) is 3.79. The van der Waals surface area contributed by atoms with Gasteiger partial charge in [0.05, 0.1) is 12.5 Å². The normalized spacial score (nSPS) is 11.9. The molecule has 0 spiro atoms. The molecule has 2 N–H and O–H groups in total. The summed E-state index contributed by atoms with van der Waals surface area (Å²) in [6.45, 7) is -0.0410. The van der Waals surface area contributed by atoms with E-state index in [1.165, 1.54) is 7.11 Å². The number of carbonyl (C=O) groups is 2. The first-order valence-electron chi connectivity index (χ1n) is 5.42. The van der Waals surface area contributed by atoms with Crippen LogP contribution in [0.15, 0.2) is 18.2 Å². The van der Waals surface area contributed by atoms with Crippen molar-refractivity contribution in [1.82, 2.24) is 5.32 Å². The van der Waals surface area contributed by atoms with Gasteiger partial charge in [-0.15, -0.1) is 0 Å². The fraction of sp³-hybridized carbons (Fsp3) is 0.333. The number of amides is 1. The molecule has 1 unspecified atom stereocenters. The molecule has 7 heteroatoms. The molecule has 0 fully saturated rings. The Morgan fingerprint density at radius 3 is 2.58 bits per heavy atom. The van der Waals surface area contributed by atoms with E-state index in [0.717, 1.165) is 18.2 Å². The van der Waals surface area contributed by atoms with Crippen molar-refractivity contribution in [3.8, 4) is 0 Å². The summed E-state index contributed by atoms with van der Waals surface area (Å²) < 4.78 is 30.5. The van der Waals surface area contributed by atoms with Crippen molar-refractivity contribution < 1.29 is 28.2 Å². The lowest BCUT2D eigenvalue weighted by Gasteiger charge is -2.13. The summed E-state index contributed by atoms with van der Waals surface area (Å²) in [5.41, 5.74) is -0.0518. The zero-order valence-corrected chi connectivity index (χ0v) is 10.2. The van der Waals surface area contributed by atoms with Crippen molar-refractivity contribution in [1.29, 1.82) is 0 Å². The number of aliphatic carboxylic acids is 1. The zero-order valence-electron chi connectivity index (χ0n) is 10.2. The smallest absolute Gasteiger partial charge is 0.306 e. The first kappa shape index (κ1) is 15.0. The highest BCUT2D eigenvalue weighted by Crippen LogP contribution is 2.08. The maximum Gasteiger partial charge on any atom is 0.306 e. The number of carboxylic acids is 1. The molecule has 0 bridgehead atoms. The average Bonchev–Trinajstić information content (AvgIpc) is 2.36. The Labute approximate surface area is 108 Å². The van der Waals surface area contributed by atoms with E-state index in [-0.39, 0.29) is 18.5 Å². The van der Waals surface area contributed by atoms with E-state index in [1.807, 2.05) is 0 Å². The molecule has 0 radical (unpaired) electrons. The topological polar surface area (TPSA) is 75.6 Å². The van der Waals surface area contributed by atoms with E-state index in [0.29, 0.717) is 0 Å². The predicted molar refractivity (Wildman–Crippen MR) is 61.7 cm³/mol. The lowest BCUT2D eigenvalue weighted by Crippen LogP contribution is -2.34. The van der Waals surface area contributed by atoms with Crippen molar-refractivity contribution in [3.05, 3.63) is 35.4 Å². The van der Waals surface area contributed by atoms with Crippen LogP contribution in [0.4, 0.5) is 8.78 Å². The van der Waals surface area contributed by atoms with Crippen molar-refractivity contribution in [2.24, 2.45) is 0 Å². The van der Waals surface area contributed by atoms with Crippen LogP contribution in [0, 0.1) is 11.6 Å². The van der Waals surface area contributed by atoms with E-state index in [4.69, 9.17) is 9.84 Å². The highest BCUT2D eigenvalue weighted by Gasteiger charge is 2.15. The average molecular weight is 273 g/mol. The van der Waals surface area contributed by atoms with E-state index >= 15 is 0 Å². The number of ether oxygens (including phenoxy) is 1. The summed E-state index contributed by atoms with van der Waals surface area (Å²) in [6, 6.07) is 2.74. The van der Waals surface area contributed by atoms with E-state index in [9.17, 15) is 18.4 Å². The van der Waals surface area contributed by atoms with Gasteiger partial charge in [0.15, 0.2) is 11.6 Å². The van der Waals surface area contributed by atoms with Crippen molar-refractivity contribution >= 4 is 11.9 Å². The number of rotatable bonds is 6. The number of hydrogen-bond acceptors (Lipinski definition) is 3. The molecule has 1 amide bonds. The number of methoxy groups -OCH3 is 1. The van der Waals surface area contributed by atoms with Crippen LogP contribution in [-0.2, 0) is 9.53 Å². The highest BCUT2D eigenvalue weighted by molar-refractivity contribution is 5.94. The number of nitrogens with one attached hydrogen (secondary N) is 1. The van der Waals surface area contributed by atoms with Crippen LogP contribution < -0.4 is 5.32 Å². The third-order valence-electron chi connectivity index (χ3n) is 2.41. The first-order valence-corrected chi connectivity index (χ1v) is 5.42. The van der Waals surface area contributed by atoms with E-state index < -0.39 is 29.6 Å². The molecule has 19 heavy (non-hydrogen) atoms. The quantitative estimate of drug-likeness (QED) is 0.816. The third-order valence-corrected chi connectivity index (χ3v) is 2.41. The molecule has 0 aromatic heterocycles. The standard InChI is InChI=1S/C12H13F2NO4/c1-19-8(5-11(16)17)6-15-12(18)7-2-3-9(13)10(14)4-7/h2-4,8H,5-6H2,1H3,(H,15,18)(H,16,17). The van der Waals surface area contributed by atoms with Crippen LogP contribution in [0.25, 0.3) is 0 Å². The molecule has 1 aromatic carbocycles. The van der Waals surface area contributed by atoms with Crippen LogP contribution in [0.5, 0.6) is 0 Å². The second-order valence-electron chi connectivity index (χ2n) is 3.79. The van der Waals surface area contributed by atoms with Gasteiger partial charge in [-0.3, -0.25) is 9.59 Å². The minimum Gasteiger partial charge on any atom is -0.481 e. The summed E-state index contributed by atoms with van der Waals surface area (Å²) in [7, 11) is 1.32. The Morgan fingerprint density at radius 2 is 2.05 bits per heavy atom. The summed E-state index contributed by atoms with van der Waals surface area (Å²) >= 11 is 0. The summed E-state index contributed by atoms with van der Waals surface area (Å²) in [6.07, 6.45) is -0.957. The fourth-order valence-electron chi connectivity index (χ4n) is 1.38. The maximum atomic E-state index is 12.9. The van der Waals surface area contributed by atoms with Gasteiger partial charge in [0.25, 0.3) is 5.91 Å². The van der Waals surface area contributed by atoms with Gasteiger partial charge in [0.2, 0.25) is 0 Å². The molecule has 0 heterocycles. The Balaban J connectivity index is 2.59. The van der Waals surface area contributed by atoms with Crippen LogP contribution in [0.3, 0.4) is 0 Å². The van der Waals surface area contributed by atoms with Gasteiger partial charge in [0.1, 0.15) is 0 Å². The SMILES string of the molecule is COC(CNC(=O)c1ccc(F)c(F)c1)CC(=O)O. The minimum atomic E-state index is -1.12. The Morgan fingerprint density at radius 1 is 1.37 bits per heavy atom. The molecular formula is C12H13F2NO4. The van der Waals surface area contributed by atoms with Gasteiger partial charge >= 0.3 is 5.97 Å². The van der Waals surface area contributed by atoms with Gasteiger partial charge < -0.3 is 15.2 Å². The predicted octanol–water partition coefficient (Wildman–Crippen LogP) is 1.18. The largest absolute Gasteiger partial charge is 0.481 e. The van der Waals surface area contributed by atoms with Gasteiger partial charge in [-0.25, -0.2) is 8.78 Å².